The Labute approximate surface area is 121 Å². The SMILES string of the molecule is CC(N)(CNC(=O)Nc1ccc(COO)cc1)ONC=O. The van der Waals surface area contributed by atoms with Crippen LogP contribution in [-0.2, 0) is 21.1 Å². The zero-order valence-corrected chi connectivity index (χ0v) is 11.5. The number of benzene rings is 1. The summed E-state index contributed by atoms with van der Waals surface area (Å²) >= 11 is 0. The molecule has 1 unspecified atom stereocenters. The van der Waals surface area contributed by atoms with Gasteiger partial charge in [0.2, 0.25) is 6.41 Å². The van der Waals surface area contributed by atoms with Gasteiger partial charge >= 0.3 is 6.03 Å². The van der Waals surface area contributed by atoms with Crippen LogP contribution in [0.1, 0.15) is 12.5 Å². The number of carbonyl (C=O) groups is 2. The molecule has 0 saturated carbocycles. The Hall–Kier alpha value is -2.20. The second kappa shape index (κ2) is 8.17. The Morgan fingerprint density at radius 2 is 2.10 bits per heavy atom. The molecule has 0 saturated heterocycles. The summed E-state index contributed by atoms with van der Waals surface area (Å²) in [5.41, 5.74) is 7.72. The number of hydroxylamine groups is 1. The number of hydrogen-bond donors (Lipinski definition) is 5. The first-order valence-corrected chi connectivity index (χ1v) is 6.03. The third kappa shape index (κ3) is 6.68. The van der Waals surface area contributed by atoms with Crippen molar-refractivity contribution in [1.29, 1.82) is 0 Å². The molecule has 0 aliphatic heterocycles. The summed E-state index contributed by atoms with van der Waals surface area (Å²) < 4.78 is 0. The predicted molar refractivity (Wildman–Crippen MR) is 73.8 cm³/mol. The van der Waals surface area contributed by atoms with Crippen LogP contribution in [0.2, 0.25) is 0 Å². The lowest BCUT2D eigenvalue weighted by Gasteiger charge is -2.23. The van der Waals surface area contributed by atoms with E-state index >= 15 is 0 Å². The third-order valence-corrected chi connectivity index (χ3v) is 2.38. The second-order valence-electron chi connectivity index (χ2n) is 4.43. The standard InChI is InChI=1S/C12H18N4O5/c1-12(13,21-15-8-17)7-14-11(18)16-10-4-2-9(3-5-10)6-20-19/h2-5,8,19H,6-7,13H2,1H3,(H,15,17)(H2,14,16,18). The molecule has 0 aliphatic rings. The van der Waals surface area contributed by atoms with Crippen molar-refractivity contribution in [3.05, 3.63) is 29.8 Å². The molecule has 21 heavy (non-hydrogen) atoms. The molecule has 9 heteroatoms. The van der Waals surface area contributed by atoms with Gasteiger partial charge in [0.15, 0.2) is 5.72 Å². The van der Waals surface area contributed by atoms with Gasteiger partial charge in [0.25, 0.3) is 0 Å². The van der Waals surface area contributed by atoms with Gasteiger partial charge in [0, 0.05) is 5.69 Å². The molecule has 1 aromatic rings. The van der Waals surface area contributed by atoms with E-state index < -0.39 is 11.8 Å². The third-order valence-electron chi connectivity index (χ3n) is 2.38. The van der Waals surface area contributed by atoms with Gasteiger partial charge in [-0.05, 0) is 24.6 Å². The van der Waals surface area contributed by atoms with Crippen LogP contribution in [0.25, 0.3) is 0 Å². The summed E-state index contributed by atoms with van der Waals surface area (Å²) in [4.78, 5) is 30.5. The van der Waals surface area contributed by atoms with E-state index in [-0.39, 0.29) is 13.2 Å². The Balaban J connectivity index is 2.41. The molecule has 1 rings (SSSR count). The molecule has 0 heterocycles. The number of nitrogens with one attached hydrogen (secondary N) is 3. The van der Waals surface area contributed by atoms with Gasteiger partial charge in [0.05, 0.1) is 6.54 Å². The number of amides is 3. The summed E-state index contributed by atoms with van der Waals surface area (Å²) in [6.45, 7) is 1.54. The van der Waals surface area contributed by atoms with Crippen LogP contribution in [0.15, 0.2) is 24.3 Å². The number of carbonyl (C=O) groups excluding carboxylic acids is 2. The van der Waals surface area contributed by atoms with Crippen molar-refractivity contribution in [3.63, 3.8) is 0 Å². The monoisotopic (exact) mass is 298 g/mol. The Morgan fingerprint density at radius 1 is 1.43 bits per heavy atom. The van der Waals surface area contributed by atoms with Crippen LogP contribution < -0.4 is 21.8 Å². The number of anilines is 1. The first-order chi connectivity index (χ1) is 9.96. The number of nitrogens with two attached hydrogens (primary N) is 1. The average molecular weight is 298 g/mol. The second-order valence-corrected chi connectivity index (χ2v) is 4.43. The molecule has 9 nitrogen and oxygen atoms in total. The summed E-state index contributed by atoms with van der Waals surface area (Å²) in [5.74, 6) is 0. The maximum atomic E-state index is 11.7. The first kappa shape index (κ1) is 16.9. The average Bonchev–Trinajstić information content (AvgIpc) is 2.46. The molecule has 6 N–H and O–H groups in total. The fourth-order valence-electron chi connectivity index (χ4n) is 1.38. The van der Waals surface area contributed by atoms with Gasteiger partial charge in [-0.2, -0.15) is 0 Å². The fourth-order valence-corrected chi connectivity index (χ4v) is 1.38. The maximum Gasteiger partial charge on any atom is 0.319 e. The normalized spacial score (nSPS) is 13.1. The van der Waals surface area contributed by atoms with Crippen LogP contribution in [0.4, 0.5) is 10.5 Å². The molecular formula is C12H18N4O5. The molecule has 0 bridgehead atoms. The largest absolute Gasteiger partial charge is 0.333 e. The number of urea groups is 1. The number of rotatable bonds is 8. The van der Waals surface area contributed by atoms with E-state index in [2.05, 4.69) is 15.5 Å². The van der Waals surface area contributed by atoms with Crippen LogP contribution in [0.5, 0.6) is 0 Å². The molecule has 0 radical (unpaired) electrons. The number of hydrogen-bond acceptors (Lipinski definition) is 6. The Kier molecular flexibility index (Phi) is 6.56. The van der Waals surface area contributed by atoms with Gasteiger partial charge in [-0.3, -0.25) is 14.9 Å². The molecule has 0 fully saturated rings. The topological polar surface area (TPSA) is 135 Å². The van der Waals surface area contributed by atoms with Gasteiger partial charge < -0.3 is 16.4 Å². The highest BCUT2D eigenvalue weighted by molar-refractivity contribution is 5.89. The van der Waals surface area contributed by atoms with Crippen LogP contribution in [0.3, 0.4) is 0 Å². The molecular weight excluding hydrogens is 280 g/mol. The minimum atomic E-state index is -1.24. The summed E-state index contributed by atoms with van der Waals surface area (Å²) in [6, 6.07) is 6.21. The van der Waals surface area contributed by atoms with E-state index in [1.54, 1.807) is 24.3 Å². The van der Waals surface area contributed by atoms with E-state index in [0.717, 1.165) is 5.56 Å². The van der Waals surface area contributed by atoms with E-state index in [9.17, 15) is 9.59 Å². The minimum Gasteiger partial charge on any atom is -0.333 e. The first-order valence-electron chi connectivity index (χ1n) is 6.03. The molecule has 116 valence electrons. The van der Waals surface area contributed by atoms with Gasteiger partial charge in [-0.1, -0.05) is 12.1 Å². The Morgan fingerprint density at radius 3 is 2.67 bits per heavy atom. The summed E-state index contributed by atoms with van der Waals surface area (Å²) in [5, 5.41) is 13.4. The van der Waals surface area contributed by atoms with Gasteiger partial charge in [-0.15, -0.1) is 0 Å². The smallest absolute Gasteiger partial charge is 0.319 e. The van der Waals surface area contributed by atoms with Crippen molar-refractivity contribution in [2.45, 2.75) is 19.3 Å². The van der Waals surface area contributed by atoms with E-state index in [4.69, 9.17) is 15.8 Å². The molecule has 1 atom stereocenters. The van der Waals surface area contributed by atoms with E-state index in [1.807, 2.05) is 5.48 Å². The zero-order chi connectivity index (χ0) is 15.7. The van der Waals surface area contributed by atoms with Crippen molar-refractivity contribution in [3.8, 4) is 0 Å². The minimum absolute atomic E-state index is 0.0177. The van der Waals surface area contributed by atoms with Crippen LogP contribution >= 0.6 is 0 Å². The predicted octanol–water partition coefficient (Wildman–Crippen LogP) is 0.150. The van der Waals surface area contributed by atoms with E-state index in [1.165, 1.54) is 6.92 Å². The molecule has 0 aliphatic carbocycles. The molecule has 3 amide bonds. The van der Waals surface area contributed by atoms with Gasteiger partial charge in [-0.25, -0.2) is 15.2 Å². The van der Waals surface area contributed by atoms with E-state index in [0.29, 0.717) is 12.1 Å². The lowest BCUT2D eigenvalue weighted by molar-refractivity contribution is -0.253. The van der Waals surface area contributed by atoms with Crippen molar-refractivity contribution in [2.24, 2.45) is 5.73 Å². The van der Waals surface area contributed by atoms with Crippen molar-refractivity contribution in [2.75, 3.05) is 11.9 Å². The highest BCUT2D eigenvalue weighted by Crippen LogP contribution is 2.10. The maximum absolute atomic E-state index is 11.7. The highest BCUT2D eigenvalue weighted by Gasteiger charge is 2.20. The van der Waals surface area contributed by atoms with Crippen molar-refractivity contribution >= 4 is 18.1 Å². The van der Waals surface area contributed by atoms with Crippen LogP contribution in [-0.4, -0.2) is 30.0 Å². The van der Waals surface area contributed by atoms with Gasteiger partial charge in [0.1, 0.15) is 6.61 Å². The van der Waals surface area contributed by atoms with Crippen molar-refractivity contribution < 1.29 is 24.6 Å². The Bertz CT molecular complexity index is 463. The fraction of sp³-hybridized carbons (Fsp3) is 0.333. The molecule has 0 spiro atoms. The molecule has 1 aromatic carbocycles. The molecule has 0 aromatic heterocycles. The lowest BCUT2D eigenvalue weighted by atomic mass is 10.2. The van der Waals surface area contributed by atoms with Crippen LogP contribution in [0, 0.1) is 0 Å². The summed E-state index contributed by atoms with van der Waals surface area (Å²) in [6.07, 6.45) is 0.336. The lowest BCUT2D eigenvalue weighted by Crippen LogP contribution is -2.52. The van der Waals surface area contributed by atoms with Crippen molar-refractivity contribution in [1.82, 2.24) is 10.8 Å². The summed E-state index contributed by atoms with van der Waals surface area (Å²) in [7, 11) is 0. The quantitative estimate of drug-likeness (QED) is 0.201. The highest BCUT2D eigenvalue weighted by atomic mass is 17.1. The zero-order valence-electron chi connectivity index (χ0n) is 11.5.